The first-order valence-corrected chi connectivity index (χ1v) is 11.6. The summed E-state index contributed by atoms with van der Waals surface area (Å²) in [6, 6.07) is 26.6. The number of hydrogen-bond donors (Lipinski definition) is 1. The van der Waals surface area contributed by atoms with Gasteiger partial charge in [-0.1, -0.05) is 42.5 Å². The zero-order chi connectivity index (χ0) is 23.8. The molecule has 1 atom stereocenters. The van der Waals surface area contributed by atoms with Crippen molar-refractivity contribution in [2.24, 2.45) is 0 Å². The summed E-state index contributed by atoms with van der Waals surface area (Å²) in [7, 11) is 4.07. The molecule has 0 aliphatic carbocycles. The van der Waals surface area contributed by atoms with Crippen LogP contribution in [-0.4, -0.2) is 29.6 Å². The van der Waals surface area contributed by atoms with E-state index in [1.54, 1.807) is 0 Å². The first-order chi connectivity index (χ1) is 16.4. The lowest BCUT2D eigenvalue weighted by Gasteiger charge is -2.31. The van der Waals surface area contributed by atoms with Crippen LogP contribution in [0.4, 0.5) is 16.2 Å². The number of rotatable bonds is 3. The van der Waals surface area contributed by atoms with Gasteiger partial charge in [-0.2, -0.15) is 0 Å². The fourth-order valence-corrected chi connectivity index (χ4v) is 4.72. The summed E-state index contributed by atoms with van der Waals surface area (Å²) in [5.74, 6) is 0. The Kier molecular flexibility index (Phi) is 5.62. The molecule has 2 amide bonds. The normalized spacial score (nSPS) is 14.7. The zero-order valence-electron chi connectivity index (χ0n) is 20.1. The molecule has 0 fully saturated rings. The Balaban J connectivity index is 1.62. The maximum Gasteiger partial charge on any atom is 0.322 e. The predicted octanol–water partition coefficient (Wildman–Crippen LogP) is 6.30. The average Bonchev–Trinajstić information content (AvgIpc) is 3.26. The third kappa shape index (κ3) is 3.83. The molecular formula is C29H30N4O. The van der Waals surface area contributed by atoms with E-state index in [0.717, 1.165) is 45.0 Å². The lowest BCUT2D eigenvalue weighted by atomic mass is 10.0. The van der Waals surface area contributed by atoms with E-state index >= 15 is 0 Å². The molecule has 1 aliphatic heterocycles. The van der Waals surface area contributed by atoms with Gasteiger partial charge in [0.05, 0.1) is 18.3 Å². The number of nitrogens with zero attached hydrogens (tertiary/aromatic N) is 3. The average molecular weight is 451 g/mol. The molecule has 1 N–H and O–H groups in total. The molecule has 0 radical (unpaired) electrons. The smallest absolute Gasteiger partial charge is 0.322 e. The fraction of sp³-hybridized carbons (Fsp3) is 0.207. The second-order valence-electron chi connectivity index (χ2n) is 9.13. The van der Waals surface area contributed by atoms with E-state index in [2.05, 4.69) is 88.6 Å². The lowest BCUT2D eigenvalue weighted by Crippen LogP contribution is -2.38. The Morgan fingerprint density at radius 2 is 1.68 bits per heavy atom. The first-order valence-electron chi connectivity index (χ1n) is 11.6. The van der Waals surface area contributed by atoms with Gasteiger partial charge in [-0.25, -0.2) is 4.79 Å². The molecule has 2 heterocycles. The van der Waals surface area contributed by atoms with E-state index in [1.807, 2.05) is 44.1 Å². The van der Waals surface area contributed by atoms with Crippen molar-refractivity contribution < 1.29 is 4.79 Å². The van der Waals surface area contributed by atoms with Crippen LogP contribution in [0.2, 0.25) is 0 Å². The summed E-state index contributed by atoms with van der Waals surface area (Å²) in [5.41, 5.74) is 8.59. The van der Waals surface area contributed by atoms with Gasteiger partial charge in [0.15, 0.2) is 0 Å². The van der Waals surface area contributed by atoms with Crippen LogP contribution in [0, 0.1) is 13.8 Å². The molecule has 5 heteroatoms. The van der Waals surface area contributed by atoms with Crippen molar-refractivity contribution in [1.29, 1.82) is 0 Å². The Bertz CT molecular complexity index is 1340. The number of aryl methyl sites for hydroxylation is 1. The van der Waals surface area contributed by atoms with Crippen LogP contribution in [0.5, 0.6) is 0 Å². The van der Waals surface area contributed by atoms with Gasteiger partial charge in [-0.15, -0.1) is 0 Å². The molecule has 5 rings (SSSR count). The molecule has 5 nitrogen and oxygen atoms in total. The number of amides is 2. The number of carbonyl (C=O) groups excluding carboxylic acids is 1. The summed E-state index contributed by atoms with van der Waals surface area (Å²) < 4.78 is 2.21. The summed E-state index contributed by atoms with van der Waals surface area (Å²) >= 11 is 0. The van der Waals surface area contributed by atoms with E-state index in [1.165, 1.54) is 0 Å². The van der Waals surface area contributed by atoms with Crippen LogP contribution in [0.15, 0.2) is 85.1 Å². The van der Waals surface area contributed by atoms with Gasteiger partial charge in [0.25, 0.3) is 0 Å². The van der Waals surface area contributed by atoms with Crippen molar-refractivity contribution in [2.45, 2.75) is 26.4 Å². The number of nitrogens with one attached hydrogen (secondary N) is 1. The zero-order valence-corrected chi connectivity index (χ0v) is 20.1. The minimum atomic E-state index is -0.233. The van der Waals surface area contributed by atoms with Gasteiger partial charge in [-0.05, 0) is 72.5 Å². The number of fused-ring (bicyclic) bond motifs is 3. The van der Waals surface area contributed by atoms with Crippen molar-refractivity contribution in [3.63, 3.8) is 0 Å². The Labute approximate surface area is 201 Å². The molecule has 4 aromatic rings. The second kappa shape index (κ2) is 8.75. The summed E-state index contributed by atoms with van der Waals surface area (Å²) in [5, 5.41) is 3.20. The van der Waals surface area contributed by atoms with Crippen molar-refractivity contribution >= 4 is 17.4 Å². The van der Waals surface area contributed by atoms with Crippen molar-refractivity contribution in [3.8, 4) is 5.69 Å². The number of hydrogen-bond acceptors (Lipinski definition) is 2. The second-order valence-corrected chi connectivity index (χ2v) is 9.13. The largest absolute Gasteiger partial charge is 0.378 e. The molecule has 172 valence electrons. The predicted molar refractivity (Wildman–Crippen MR) is 139 cm³/mol. The third-order valence-electron chi connectivity index (χ3n) is 6.80. The lowest BCUT2D eigenvalue weighted by molar-refractivity contribution is 0.194. The monoisotopic (exact) mass is 450 g/mol. The number of anilines is 2. The molecule has 3 aromatic carbocycles. The SMILES string of the molecule is Cc1cccc(NC(=O)N2Cc3ccccc3-n3cccc3[C@H]2c2ccc(N(C)C)cc2)c1C. The van der Waals surface area contributed by atoms with Crippen LogP contribution in [0.1, 0.15) is 34.0 Å². The quantitative estimate of drug-likeness (QED) is 0.398. The molecule has 0 unspecified atom stereocenters. The Hall–Kier alpha value is -3.99. The molecule has 0 spiro atoms. The molecule has 0 bridgehead atoms. The number of urea groups is 1. The van der Waals surface area contributed by atoms with Crippen LogP contribution < -0.4 is 10.2 Å². The molecule has 0 saturated heterocycles. The third-order valence-corrected chi connectivity index (χ3v) is 6.80. The van der Waals surface area contributed by atoms with Crippen LogP contribution in [-0.2, 0) is 6.54 Å². The van der Waals surface area contributed by atoms with Crippen molar-refractivity contribution in [1.82, 2.24) is 9.47 Å². The summed E-state index contributed by atoms with van der Waals surface area (Å²) in [4.78, 5) is 17.9. The minimum absolute atomic E-state index is 0.111. The highest BCUT2D eigenvalue weighted by molar-refractivity contribution is 5.91. The van der Waals surface area contributed by atoms with Gasteiger partial charge >= 0.3 is 6.03 Å². The van der Waals surface area contributed by atoms with E-state index < -0.39 is 0 Å². The number of carbonyl (C=O) groups is 1. The summed E-state index contributed by atoms with van der Waals surface area (Å²) in [6.07, 6.45) is 2.08. The number of aromatic nitrogens is 1. The number of benzene rings is 3. The van der Waals surface area contributed by atoms with E-state index in [9.17, 15) is 4.79 Å². The minimum Gasteiger partial charge on any atom is -0.378 e. The standard InChI is InChI=1S/C29H30N4O/c1-20-9-7-11-25(21(20)2)30-29(34)33-19-23-10-5-6-12-26(23)32-18-8-13-27(32)28(33)22-14-16-24(17-15-22)31(3)4/h5-18,28H,19H2,1-4H3,(H,30,34)/t28-/m1/s1. The van der Waals surface area contributed by atoms with Crippen LogP contribution in [0.3, 0.4) is 0 Å². The van der Waals surface area contributed by atoms with Crippen molar-refractivity contribution in [2.75, 3.05) is 24.3 Å². The highest BCUT2D eigenvalue weighted by Crippen LogP contribution is 2.37. The summed E-state index contributed by atoms with van der Waals surface area (Å²) in [6.45, 7) is 4.62. The fourth-order valence-electron chi connectivity index (χ4n) is 4.72. The highest BCUT2D eigenvalue weighted by Gasteiger charge is 2.33. The number of para-hydroxylation sites is 1. The van der Waals surface area contributed by atoms with Crippen molar-refractivity contribution in [3.05, 3.63) is 113 Å². The van der Waals surface area contributed by atoms with Crippen LogP contribution >= 0.6 is 0 Å². The Morgan fingerprint density at radius 3 is 2.44 bits per heavy atom. The van der Waals surface area contributed by atoms with Gasteiger partial charge in [0.1, 0.15) is 0 Å². The highest BCUT2D eigenvalue weighted by atomic mass is 16.2. The molecule has 1 aliphatic rings. The van der Waals surface area contributed by atoms with E-state index in [0.29, 0.717) is 6.54 Å². The van der Waals surface area contributed by atoms with E-state index in [4.69, 9.17) is 0 Å². The molecule has 1 aromatic heterocycles. The van der Waals surface area contributed by atoms with Gasteiger partial charge in [0.2, 0.25) is 0 Å². The van der Waals surface area contributed by atoms with Crippen LogP contribution in [0.25, 0.3) is 5.69 Å². The van der Waals surface area contributed by atoms with Gasteiger partial charge in [0, 0.05) is 37.4 Å². The maximum atomic E-state index is 13.9. The van der Waals surface area contributed by atoms with E-state index in [-0.39, 0.29) is 12.1 Å². The molecule has 0 saturated carbocycles. The Morgan fingerprint density at radius 1 is 0.912 bits per heavy atom. The van der Waals surface area contributed by atoms with Gasteiger partial charge in [-0.3, -0.25) is 0 Å². The first kappa shape index (κ1) is 21.8. The topological polar surface area (TPSA) is 40.5 Å². The molecular weight excluding hydrogens is 420 g/mol. The van der Waals surface area contributed by atoms with Gasteiger partial charge < -0.3 is 19.7 Å². The maximum absolute atomic E-state index is 13.9. The molecule has 34 heavy (non-hydrogen) atoms.